The SMILES string of the molecule is O=C(NC1CCCCC1)[C@H](c1ccncc1)N(CCc1ccccc1)C(=O)CCl. The van der Waals surface area contributed by atoms with Crippen LogP contribution in [0.2, 0.25) is 0 Å². The van der Waals surface area contributed by atoms with Crippen molar-refractivity contribution in [2.24, 2.45) is 0 Å². The quantitative estimate of drug-likeness (QED) is 0.668. The molecule has 2 aromatic rings. The summed E-state index contributed by atoms with van der Waals surface area (Å²) in [4.78, 5) is 31.7. The number of rotatable bonds is 8. The molecule has 0 saturated heterocycles. The number of hydrogen-bond donors (Lipinski definition) is 1. The van der Waals surface area contributed by atoms with Crippen LogP contribution in [0.1, 0.15) is 49.3 Å². The number of nitrogens with one attached hydrogen (secondary N) is 1. The summed E-state index contributed by atoms with van der Waals surface area (Å²) in [5.41, 5.74) is 1.86. The predicted molar refractivity (Wildman–Crippen MR) is 115 cm³/mol. The number of carbonyl (C=O) groups excluding carboxylic acids is 2. The summed E-state index contributed by atoms with van der Waals surface area (Å²) >= 11 is 5.92. The van der Waals surface area contributed by atoms with Crippen LogP contribution in [0.25, 0.3) is 0 Å². The van der Waals surface area contributed by atoms with Crippen molar-refractivity contribution < 1.29 is 9.59 Å². The maximum Gasteiger partial charge on any atom is 0.247 e. The molecule has 29 heavy (non-hydrogen) atoms. The van der Waals surface area contributed by atoms with Gasteiger partial charge in [0.05, 0.1) is 0 Å². The highest BCUT2D eigenvalue weighted by Gasteiger charge is 2.32. The lowest BCUT2D eigenvalue weighted by Crippen LogP contribution is -2.48. The molecule has 0 bridgehead atoms. The van der Waals surface area contributed by atoms with Gasteiger partial charge in [-0.1, -0.05) is 49.6 Å². The number of aromatic nitrogens is 1. The fraction of sp³-hybridized carbons (Fsp3) is 0.435. The summed E-state index contributed by atoms with van der Waals surface area (Å²) in [5.74, 6) is -0.551. The molecule has 154 valence electrons. The van der Waals surface area contributed by atoms with Gasteiger partial charge in [0.15, 0.2) is 0 Å². The lowest BCUT2D eigenvalue weighted by Gasteiger charge is -2.33. The van der Waals surface area contributed by atoms with E-state index in [1.807, 2.05) is 30.3 Å². The predicted octanol–water partition coefficient (Wildman–Crippen LogP) is 3.88. The highest BCUT2D eigenvalue weighted by Crippen LogP contribution is 2.24. The van der Waals surface area contributed by atoms with Crippen molar-refractivity contribution in [2.45, 2.75) is 50.6 Å². The smallest absolute Gasteiger partial charge is 0.247 e. The number of nitrogens with zero attached hydrogens (tertiary/aromatic N) is 2. The van der Waals surface area contributed by atoms with Crippen LogP contribution in [0, 0.1) is 0 Å². The molecular formula is C23H28ClN3O2. The molecule has 1 atom stereocenters. The van der Waals surface area contributed by atoms with E-state index in [9.17, 15) is 9.59 Å². The van der Waals surface area contributed by atoms with Crippen LogP contribution in [0.3, 0.4) is 0 Å². The monoisotopic (exact) mass is 413 g/mol. The average Bonchev–Trinajstić information content (AvgIpc) is 2.78. The first kappa shape index (κ1) is 21.3. The normalized spacial score (nSPS) is 15.5. The van der Waals surface area contributed by atoms with E-state index in [0.717, 1.165) is 36.8 Å². The van der Waals surface area contributed by atoms with Crippen LogP contribution in [0.15, 0.2) is 54.9 Å². The Morgan fingerprint density at radius 3 is 2.41 bits per heavy atom. The molecule has 0 radical (unpaired) electrons. The van der Waals surface area contributed by atoms with Gasteiger partial charge in [0.25, 0.3) is 0 Å². The van der Waals surface area contributed by atoms with Gasteiger partial charge in [-0.15, -0.1) is 11.6 Å². The molecule has 0 spiro atoms. The summed E-state index contributed by atoms with van der Waals surface area (Å²) in [6, 6.07) is 13.0. The number of pyridine rings is 1. The van der Waals surface area contributed by atoms with Crippen LogP contribution < -0.4 is 5.32 Å². The molecule has 1 fully saturated rings. The number of hydrogen-bond acceptors (Lipinski definition) is 3. The second-order valence-corrected chi connectivity index (χ2v) is 7.75. The van der Waals surface area contributed by atoms with Crippen molar-refractivity contribution in [1.29, 1.82) is 0 Å². The van der Waals surface area contributed by atoms with E-state index in [1.165, 1.54) is 6.42 Å². The summed E-state index contributed by atoms with van der Waals surface area (Å²) in [5, 5.41) is 3.18. The maximum absolute atomic E-state index is 13.3. The van der Waals surface area contributed by atoms with Gasteiger partial charge < -0.3 is 10.2 Å². The van der Waals surface area contributed by atoms with E-state index in [0.29, 0.717) is 13.0 Å². The van der Waals surface area contributed by atoms with Crippen LogP contribution in [-0.2, 0) is 16.0 Å². The zero-order chi connectivity index (χ0) is 20.5. The van der Waals surface area contributed by atoms with Crippen LogP contribution in [0.4, 0.5) is 0 Å². The van der Waals surface area contributed by atoms with Crippen molar-refractivity contribution in [3.05, 3.63) is 66.0 Å². The Labute approximate surface area is 177 Å². The Balaban J connectivity index is 1.83. The first-order chi connectivity index (χ1) is 14.2. The first-order valence-corrected chi connectivity index (χ1v) is 10.8. The van der Waals surface area contributed by atoms with Gasteiger partial charge in [-0.05, 0) is 42.5 Å². The summed E-state index contributed by atoms with van der Waals surface area (Å²) < 4.78 is 0. The molecule has 1 aromatic carbocycles. The number of carbonyl (C=O) groups is 2. The molecule has 1 aliphatic carbocycles. The lowest BCUT2D eigenvalue weighted by molar-refractivity contribution is -0.139. The molecule has 5 nitrogen and oxygen atoms in total. The molecule has 6 heteroatoms. The third-order valence-electron chi connectivity index (χ3n) is 5.45. The van der Waals surface area contributed by atoms with Gasteiger partial charge in [0, 0.05) is 25.0 Å². The standard InChI is InChI=1S/C23H28ClN3O2/c24-17-21(28)27(16-13-18-7-3-1-4-8-18)22(19-11-14-25-15-12-19)23(29)26-20-9-5-2-6-10-20/h1,3-4,7-8,11-12,14-15,20,22H,2,5-6,9-10,13,16-17H2,(H,26,29)/t22-/m0/s1. The highest BCUT2D eigenvalue weighted by atomic mass is 35.5. The van der Waals surface area contributed by atoms with Crippen molar-refractivity contribution >= 4 is 23.4 Å². The summed E-state index contributed by atoms with van der Waals surface area (Å²) in [6.45, 7) is 0.417. The fourth-order valence-corrected chi connectivity index (χ4v) is 4.07. The van der Waals surface area contributed by atoms with Crippen molar-refractivity contribution in [1.82, 2.24) is 15.2 Å². The number of amides is 2. The molecule has 1 aromatic heterocycles. The number of benzene rings is 1. The molecule has 2 amide bonds. The van der Waals surface area contributed by atoms with Gasteiger partial charge in [0.1, 0.15) is 11.9 Å². The zero-order valence-corrected chi connectivity index (χ0v) is 17.4. The largest absolute Gasteiger partial charge is 0.351 e. The van der Waals surface area contributed by atoms with E-state index < -0.39 is 6.04 Å². The van der Waals surface area contributed by atoms with E-state index in [1.54, 1.807) is 29.4 Å². The van der Waals surface area contributed by atoms with Gasteiger partial charge in [0.2, 0.25) is 11.8 Å². The molecule has 1 saturated carbocycles. The van der Waals surface area contributed by atoms with Crippen LogP contribution in [-0.4, -0.2) is 40.2 Å². The topological polar surface area (TPSA) is 62.3 Å². The minimum absolute atomic E-state index is 0.144. The van der Waals surface area contributed by atoms with E-state index in [4.69, 9.17) is 11.6 Å². The Hall–Kier alpha value is -2.40. The summed E-state index contributed by atoms with van der Waals surface area (Å²) in [6.07, 6.45) is 9.40. The highest BCUT2D eigenvalue weighted by molar-refractivity contribution is 6.27. The third-order valence-corrected chi connectivity index (χ3v) is 5.68. The van der Waals surface area contributed by atoms with Crippen molar-refractivity contribution in [2.75, 3.05) is 12.4 Å². The second-order valence-electron chi connectivity index (χ2n) is 7.48. The molecule has 1 heterocycles. The van der Waals surface area contributed by atoms with E-state index in [-0.39, 0.29) is 23.7 Å². The molecule has 1 N–H and O–H groups in total. The average molecular weight is 414 g/mol. The van der Waals surface area contributed by atoms with E-state index >= 15 is 0 Å². The minimum atomic E-state index is -0.713. The van der Waals surface area contributed by atoms with Gasteiger partial charge in [-0.2, -0.15) is 0 Å². The first-order valence-electron chi connectivity index (χ1n) is 10.3. The molecule has 3 rings (SSSR count). The van der Waals surface area contributed by atoms with Gasteiger partial charge >= 0.3 is 0 Å². The Morgan fingerprint density at radius 2 is 1.76 bits per heavy atom. The fourth-order valence-electron chi connectivity index (χ4n) is 3.91. The third kappa shape index (κ3) is 6.04. The molecule has 0 aliphatic heterocycles. The van der Waals surface area contributed by atoms with Crippen LogP contribution >= 0.6 is 11.6 Å². The number of alkyl halides is 1. The van der Waals surface area contributed by atoms with Crippen LogP contribution in [0.5, 0.6) is 0 Å². The van der Waals surface area contributed by atoms with E-state index in [2.05, 4.69) is 10.3 Å². The molecule has 1 aliphatic rings. The van der Waals surface area contributed by atoms with Crippen molar-refractivity contribution in [3.63, 3.8) is 0 Å². The maximum atomic E-state index is 13.3. The molecule has 0 unspecified atom stereocenters. The van der Waals surface area contributed by atoms with Gasteiger partial charge in [-0.25, -0.2) is 0 Å². The van der Waals surface area contributed by atoms with Gasteiger partial charge in [-0.3, -0.25) is 14.6 Å². The lowest BCUT2D eigenvalue weighted by atomic mass is 9.94. The minimum Gasteiger partial charge on any atom is -0.351 e. The Kier molecular flexibility index (Phi) is 8.05. The Bertz CT molecular complexity index is 779. The zero-order valence-electron chi connectivity index (χ0n) is 16.6. The Morgan fingerprint density at radius 1 is 1.07 bits per heavy atom. The van der Waals surface area contributed by atoms with Crippen molar-refractivity contribution in [3.8, 4) is 0 Å². The summed E-state index contributed by atoms with van der Waals surface area (Å²) in [7, 11) is 0. The molecular weight excluding hydrogens is 386 g/mol. The second kappa shape index (κ2) is 11.0. The number of halogens is 1.